The first kappa shape index (κ1) is 13.6. The third kappa shape index (κ3) is 2.24. The van der Waals surface area contributed by atoms with Gasteiger partial charge in [0.15, 0.2) is 0 Å². The Morgan fingerprint density at radius 1 is 1.45 bits per heavy atom. The van der Waals surface area contributed by atoms with Crippen LogP contribution < -0.4 is 5.32 Å². The molecule has 3 rings (SSSR count). The molecule has 20 heavy (non-hydrogen) atoms. The summed E-state index contributed by atoms with van der Waals surface area (Å²) in [5.41, 5.74) is 2.23. The van der Waals surface area contributed by atoms with Gasteiger partial charge in [0.1, 0.15) is 11.7 Å². The second kappa shape index (κ2) is 4.88. The van der Waals surface area contributed by atoms with E-state index in [9.17, 15) is 4.79 Å². The van der Waals surface area contributed by atoms with E-state index in [1.165, 1.54) is 11.1 Å². The lowest BCUT2D eigenvalue weighted by molar-refractivity contribution is -0.131. The smallest absolute Gasteiger partial charge is 0.244 e. The molecular formula is C17H24N2O. The van der Waals surface area contributed by atoms with Crippen molar-refractivity contribution in [3.63, 3.8) is 0 Å². The summed E-state index contributed by atoms with van der Waals surface area (Å²) in [6.45, 7) is 7.36. The van der Waals surface area contributed by atoms with E-state index in [1.54, 1.807) is 0 Å². The highest BCUT2D eigenvalue weighted by Gasteiger charge is 2.59. The Hall–Kier alpha value is -1.35. The molecule has 1 saturated carbocycles. The summed E-state index contributed by atoms with van der Waals surface area (Å²) < 4.78 is 0. The largest absolute Gasteiger partial charge is 0.321 e. The van der Waals surface area contributed by atoms with Crippen LogP contribution in [0, 0.1) is 12.8 Å². The van der Waals surface area contributed by atoms with Crippen molar-refractivity contribution in [1.82, 2.24) is 10.2 Å². The molecule has 2 fully saturated rings. The number of hydrogen-bond acceptors (Lipinski definition) is 2. The topological polar surface area (TPSA) is 32.3 Å². The van der Waals surface area contributed by atoms with E-state index < -0.39 is 0 Å². The molecule has 108 valence electrons. The van der Waals surface area contributed by atoms with Gasteiger partial charge in [-0.15, -0.1) is 0 Å². The summed E-state index contributed by atoms with van der Waals surface area (Å²) in [4.78, 5) is 14.7. The maximum atomic E-state index is 12.7. The quantitative estimate of drug-likeness (QED) is 0.914. The molecule has 1 aliphatic heterocycles. The van der Waals surface area contributed by atoms with Crippen LogP contribution in [0.2, 0.25) is 0 Å². The molecule has 1 amide bonds. The van der Waals surface area contributed by atoms with Gasteiger partial charge in [-0.2, -0.15) is 0 Å². The van der Waals surface area contributed by atoms with Crippen LogP contribution in [0.25, 0.3) is 0 Å². The van der Waals surface area contributed by atoms with E-state index in [4.69, 9.17) is 0 Å². The summed E-state index contributed by atoms with van der Waals surface area (Å²) in [5.74, 6) is 0.853. The fraction of sp³-hybridized carbons (Fsp3) is 0.588. The van der Waals surface area contributed by atoms with Crippen LogP contribution in [-0.2, 0) is 4.79 Å². The summed E-state index contributed by atoms with van der Waals surface area (Å²) >= 11 is 0. The van der Waals surface area contributed by atoms with Crippen molar-refractivity contribution in [2.24, 2.45) is 5.92 Å². The highest BCUT2D eigenvalue weighted by atomic mass is 16.2. The molecule has 1 N–H and O–H groups in total. The van der Waals surface area contributed by atoms with E-state index in [-0.39, 0.29) is 11.7 Å². The zero-order valence-electron chi connectivity index (χ0n) is 12.6. The molecule has 1 spiro atoms. The number of benzene rings is 1. The Kier molecular flexibility index (Phi) is 3.33. The van der Waals surface area contributed by atoms with Crippen molar-refractivity contribution in [3.05, 3.63) is 35.4 Å². The van der Waals surface area contributed by atoms with Crippen LogP contribution in [0.4, 0.5) is 0 Å². The van der Waals surface area contributed by atoms with Crippen LogP contribution in [0.1, 0.15) is 50.4 Å². The number of hydrogen-bond donors (Lipinski definition) is 1. The summed E-state index contributed by atoms with van der Waals surface area (Å²) in [7, 11) is 0. The number of aryl methyl sites for hydroxylation is 1. The van der Waals surface area contributed by atoms with E-state index in [0.29, 0.717) is 11.8 Å². The molecule has 1 saturated heterocycles. The van der Waals surface area contributed by atoms with Crippen molar-refractivity contribution in [2.75, 3.05) is 6.54 Å². The van der Waals surface area contributed by atoms with E-state index >= 15 is 0 Å². The SMILES string of the molecule is CCC(C)CN1C(=O)C2(CC2)NC1c1cccc(C)c1. The average Bonchev–Trinajstić information content (AvgIpc) is 3.17. The Morgan fingerprint density at radius 3 is 2.80 bits per heavy atom. The van der Waals surface area contributed by atoms with Gasteiger partial charge in [-0.25, -0.2) is 0 Å². The monoisotopic (exact) mass is 272 g/mol. The molecule has 2 aliphatic rings. The van der Waals surface area contributed by atoms with Gasteiger partial charge in [-0.1, -0.05) is 50.1 Å². The first-order valence-corrected chi connectivity index (χ1v) is 7.71. The normalized spacial score (nSPS) is 25.2. The van der Waals surface area contributed by atoms with Crippen LogP contribution in [0.5, 0.6) is 0 Å². The van der Waals surface area contributed by atoms with Crippen molar-refractivity contribution in [3.8, 4) is 0 Å². The van der Waals surface area contributed by atoms with E-state index in [0.717, 1.165) is 25.8 Å². The second-order valence-electron chi connectivity index (χ2n) is 6.51. The fourth-order valence-electron chi connectivity index (χ4n) is 3.03. The van der Waals surface area contributed by atoms with Gasteiger partial charge < -0.3 is 4.90 Å². The highest BCUT2D eigenvalue weighted by molar-refractivity contribution is 5.92. The minimum Gasteiger partial charge on any atom is -0.321 e. The maximum absolute atomic E-state index is 12.7. The van der Waals surface area contributed by atoms with Crippen LogP contribution in [0.3, 0.4) is 0 Å². The molecule has 1 aromatic carbocycles. The van der Waals surface area contributed by atoms with Crippen molar-refractivity contribution < 1.29 is 4.79 Å². The lowest BCUT2D eigenvalue weighted by atomic mass is 10.1. The lowest BCUT2D eigenvalue weighted by Crippen LogP contribution is -2.35. The number of rotatable bonds is 4. The number of carbonyl (C=O) groups excluding carboxylic acids is 1. The van der Waals surface area contributed by atoms with E-state index in [1.807, 2.05) is 0 Å². The van der Waals surface area contributed by atoms with Gasteiger partial charge in [-0.3, -0.25) is 10.1 Å². The van der Waals surface area contributed by atoms with Gasteiger partial charge >= 0.3 is 0 Å². The fourth-order valence-corrected chi connectivity index (χ4v) is 3.03. The summed E-state index contributed by atoms with van der Waals surface area (Å²) in [5, 5.41) is 3.59. The van der Waals surface area contributed by atoms with Gasteiger partial charge in [0.05, 0.1) is 0 Å². The number of amides is 1. The Bertz CT molecular complexity index is 521. The summed E-state index contributed by atoms with van der Waals surface area (Å²) in [6.07, 6.45) is 3.15. The van der Waals surface area contributed by atoms with Gasteiger partial charge in [-0.05, 0) is 31.2 Å². The first-order chi connectivity index (χ1) is 9.55. The zero-order chi connectivity index (χ0) is 14.3. The van der Waals surface area contributed by atoms with Gasteiger partial charge in [0, 0.05) is 6.54 Å². The van der Waals surface area contributed by atoms with Crippen molar-refractivity contribution in [2.45, 2.75) is 51.7 Å². The minimum absolute atomic E-state index is 0.0545. The molecule has 0 aromatic heterocycles. The third-order valence-corrected chi connectivity index (χ3v) is 4.71. The molecule has 0 radical (unpaired) electrons. The lowest BCUT2D eigenvalue weighted by Gasteiger charge is -2.27. The molecule has 0 bridgehead atoms. The average molecular weight is 272 g/mol. The molecule has 1 aromatic rings. The summed E-state index contributed by atoms with van der Waals surface area (Å²) in [6, 6.07) is 8.50. The molecule has 3 nitrogen and oxygen atoms in total. The minimum atomic E-state index is -0.234. The highest BCUT2D eigenvalue weighted by Crippen LogP contribution is 2.46. The standard InChI is InChI=1S/C17H24N2O/c1-4-12(2)11-19-15(14-7-5-6-13(3)10-14)18-17(8-9-17)16(19)20/h5-7,10,12,15,18H,4,8-9,11H2,1-3H3. The molecule has 2 atom stereocenters. The van der Waals surface area contributed by atoms with Gasteiger partial charge in [0.25, 0.3) is 0 Å². The predicted octanol–water partition coefficient (Wildman–Crippen LogP) is 3.00. The third-order valence-electron chi connectivity index (χ3n) is 4.71. The Labute approximate surface area is 121 Å². The number of nitrogens with zero attached hydrogens (tertiary/aromatic N) is 1. The van der Waals surface area contributed by atoms with Crippen LogP contribution in [-0.4, -0.2) is 22.9 Å². The van der Waals surface area contributed by atoms with Gasteiger partial charge in [0.2, 0.25) is 5.91 Å². The van der Waals surface area contributed by atoms with E-state index in [2.05, 4.69) is 55.3 Å². The zero-order valence-corrected chi connectivity index (χ0v) is 12.6. The number of carbonyl (C=O) groups is 1. The molecular weight excluding hydrogens is 248 g/mol. The molecule has 2 unspecified atom stereocenters. The Morgan fingerprint density at radius 2 is 2.20 bits per heavy atom. The van der Waals surface area contributed by atoms with Crippen molar-refractivity contribution >= 4 is 5.91 Å². The van der Waals surface area contributed by atoms with Crippen LogP contribution >= 0.6 is 0 Å². The predicted molar refractivity (Wildman–Crippen MR) is 80.2 cm³/mol. The molecule has 3 heteroatoms. The molecule has 1 aliphatic carbocycles. The molecule has 1 heterocycles. The maximum Gasteiger partial charge on any atom is 0.244 e. The Balaban J connectivity index is 1.89. The second-order valence-corrected chi connectivity index (χ2v) is 6.51. The van der Waals surface area contributed by atoms with Crippen molar-refractivity contribution in [1.29, 1.82) is 0 Å². The first-order valence-electron chi connectivity index (χ1n) is 7.71. The number of nitrogens with one attached hydrogen (secondary N) is 1. The van der Waals surface area contributed by atoms with Crippen LogP contribution in [0.15, 0.2) is 24.3 Å².